The van der Waals surface area contributed by atoms with Crippen LogP contribution in [0.3, 0.4) is 0 Å². The van der Waals surface area contributed by atoms with E-state index in [0.717, 1.165) is 12.8 Å². The fourth-order valence-corrected chi connectivity index (χ4v) is 5.07. The third-order valence-electron chi connectivity index (χ3n) is 6.49. The molecule has 0 spiro atoms. The van der Waals surface area contributed by atoms with Gasteiger partial charge >= 0.3 is 0 Å². The highest BCUT2D eigenvalue weighted by molar-refractivity contribution is 5.74. The lowest BCUT2D eigenvalue weighted by molar-refractivity contribution is 0.945. The van der Waals surface area contributed by atoms with Crippen molar-refractivity contribution in [1.82, 2.24) is 0 Å². The molecular formula is C28H22. The van der Waals surface area contributed by atoms with Gasteiger partial charge < -0.3 is 0 Å². The predicted molar refractivity (Wildman–Crippen MR) is 118 cm³/mol. The molecule has 0 aliphatic heterocycles. The molecule has 0 nitrogen and oxygen atoms in total. The maximum Gasteiger partial charge on any atom is 0.0278 e. The van der Waals surface area contributed by atoms with Crippen molar-refractivity contribution in [2.24, 2.45) is 0 Å². The molecule has 0 radical (unpaired) electrons. The van der Waals surface area contributed by atoms with Crippen molar-refractivity contribution >= 4 is 12.2 Å². The normalized spacial score (nSPS) is 22.4. The minimum Gasteiger partial charge on any atom is -0.0726 e. The van der Waals surface area contributed by atoms with Gasteiger partial charge in [-0.1, -0.05) is 97.2 Å². The zero-order valence-electron chi connectivity index (χ0n) is 15.8. The van der Waals surface area contributed by atoms with Gasteiger partial charge in [0.2, 0.25) is 0 Å². The summed E-state index contributed by atoms with van der Waals surface area (Å²) in [5, 5.41) is 0. The van der Waals surface area contributed by atoms with E-state index in [9.17, 15) is 0 Å². The smallest absolute Gasteiger partial charge is 0.0278 e. The molecule has 6 rings (SSSR count). The minimum absolute atomic E-state index is 0.455. The highest BCUT2D eigenvalue weighted by atomic mass is 14.3. The van der Waals surface area contributed by atoms with Crippen molar-refractivity contribution in [3.05, 3.63) is 130 Å². The van der Waals surface area contributed by atoms with Crippen LogP contribution in [-0.2, 0) is 12.8 Å². The topological polar surface area (TPSA) is 0 Å². The Morgan fingerprint density at radius 2 is 1.46 bits per heavy atom. The fourth-order valence-electron chi connectivity index (χ4n) is 5.07. The molecule has 0 heteroatoms. The molecule has 0 saturated heterocycles. The highest BCUT2D eigenvalue weighted by Gasteiger charge is 2.25. The van der Waals surface area contributed by atoms with Crippen LogP contribution in [0, 0.1) is 0 Å². The van der Waals surface area contributed by atoms with Crippen LogP contribution in [0.4, 0.5) is 0 Å². The van der Waals surface area contributed by atoms with Crippen molar-refractivity contribution in [3.8, 4) is 0 Å². The van der Waals surface area contributed by atoms with Crippen LogP contribution in [-0.4, -0.2) is 0 Å². The van der Waals surface area contributed by atoms with Gasteiger partial charge in [0.1, 0.15) is 0 Å². The van der Waals surface area contributed by atoms with Gasteiger partial charge in [-0.15, -0.1) is 0 Å². The molecule has 2 unspecified atom stereocenters. The number of fused-ring (bicyclic) bond motifs is 6. The van der Waals surface area contributed by atoms with E-state index >= 15 is 0 Å². The van der Waals surface area contributed by atoms with Crippen LogP contribution in [0.25, 0.3) is 12.2 Å². The molecule has 134 valence electrons. The molecule has 4 aliphatic rings. The summed E-state index contributed by atoms with van der Waals surface area (Å²) in [6, 6.07) is 13.9. The molecule has 2 aromatic carbocycles. The third kappa shape index (κ3) is 2.45. The summed E-state index contributed by atoms with van der Waals surface area (Å²) in [5.41, 5.74) is 11.5. The summed E-state index contributed by atoms with van der Waals surface area (Å²) in [6.07, 6.45) is 24.7. The van der Waals surface area contributed by atoms with E-state index in [1.54, 1.807) is 0 Å². The Hall–Kier alpha value is -3.12. The highest BCUT2D eigenvalue weighted by Crippen LogP contribution is 2.42. The average molecular weight is 358 g/mol. The molecule has 4 aliphatic carbocycles. The molecule has 0 heterocycles. The number of hydrogen-bond acceptors (Lipinski definition) is 0. The number of aryl methyl sites for hydroxylation is 2. The molecule has 0 fully saturated rings. The summed E-state index contributed by atoms with van der Waals surface area (Å²) in [7, 11) is 0. The van der Waals surface area contributed by atoms with Gasteiger partial charge in [0, 0.05) is 11.8 Å². The van der Waals surface area contributed by atoms with Crippen LogP contribution in [0.2, 0.25) is 0 Å². The number of hydrogen-bond donors (Lipinski definition) is 0. The Morgan fingerprint density at radius 3 is 2.32 bits per heavy atom. The quantitative estimate of drug-likeness (QED) is 0.574. The zero-order chi connectivity index (χ0) is 18.5. The molecule has 0 aromatic heterocycles. The van der Waals surface area contributed by atoms with E-state index in [-0.39, 0.29) is 0 Å². The van der Waals surface area contributed by atoms with Gasteiger partial charge in [-0.25, -0.2) is 0 Å². The molecule has 0 saturated carbocycles. The molecular weight excluding hydrogens is 336 g/mol. The van der Waals surface area contributed by atoms with E-state index in [1.165, 1.54) is 44.5 Å². The lowest BCUT2D eigenvalue weighted by Gasteiger charge is -2.14. The first-order chi connectivity index (χ1) is 13.9. The molecule has 28 heavy (non-hydrogen) atoms. The van der Waals surface area contributed by atoms with Crippen molar-refractivity contribution in [2.45, 2.75) is 24.7 Å². The van der Waals surface area contributed by atoms with E-state index in [1.807, 2.05) is 0 Å². The van der Waals surface area contributed by atoms with Crippen molar-refractivity contribution in [3.63, 3.8) is 0 Å². The summed E-state index contributed by atoms with van der Waals surface area (Å²) in [6.45, 7) is 0. The zero-order valence-corrected chi connectivity index (χ0v) is 15.8. The molecule has 2 atom stereocenters. The Kier molecular flexibility index (Phi) is 3.52. The summed E-state index contributed by atoms with van der Waals surface area (Å²) in [4.78, 5) is 0. The molecule has 0 N–H and O–H groups in total. The Balaban J connectivity index is 1.27. The van der Waals surface area contributed by atoms with Gasteiger partial charge in [-0.3, -0.25) is 0 Å². The number of allylic oxidation sites excluding steroid dienone is 10. The first kappa shape index (κ1) is 15.9. The van der Waals surface area contributed by atoms with Crippen molar-refractivity contribution in [2.75, 3.05) is 0 Å². The lowest BCUT2D eigenvalue weighted by Crippen LogP contribution is -2.00. The first-order valence-corrected chi connectivity index (χ1v) is 10.2. The van der Waals surface area contributed by atoms with Gasteiger partial charge in [-0.05, 0) is 57.4 Å². The monoisotopic (exact) mass is 358 g/mol. The Labute approximate surface area is 166 Å². The maximum absolute atomic E-state index is 2.40. The predicted octanol–water partition coefficient (Wildman–Crippen LogP) is 6.69. The average Bonchev–Trinajstić information content (AvgIpc) is 3.30. The van der Waals surface area contributed by atoms with E-state index in [0.29, 0.717) is 11.8 Å². The number of benzene rings is 2. The molecule has 2 aromatic rings. The first-order valence-electron chi connectivity index (χ1n) is 10.2. The maximum atomic E-state index is 2.40. The lowest BCUT2D eigenvalue weighted by atomic mass is 9.90. The summed E-state index contributed by atoms with van der Waals surface area (Å²) >= 11 is 0. The minimum atomic E-state index is 0.455. The van der Waals surface area contributed by atoms with E-state index in [2.05, 4.69) is 97.2 Å². The summed E-state index contributed by atoms with van der Waals surface area (Å²) < 4.78 is 0. The van der Waals surface area contributed by atoms with Crippen LogP contribution >= 0.6 is 0 Å². The largest absolute Gasteiger partial charge is 0.0726 e. The van der Waals surface area contributed by atoms with Crippen LogP contribution < -0.4 is 0 Å². The second kappa shape index (κ2) is 6.21. The molecule has 0 amide bonds. The Bertz CT molecular complexity index is 1160. The second-order valence-electron chi connectivity index (χ2n) is 8.12. The SMILES string of the molecule is C1=CC2=Cc3cc(CCc4cccc5c4C=C4C=CC=CC45)ccc3C2C=C1. The van der Waals surface area contributed by atoms with Gasteiger partial charge in [0.25, 0.3) is 0 Å². The Morgan fingerprint density at radius 1 is 0.679 bits per heavy atom. The van der Waals surface area contributed by atoms with Crippen molar-refractivity contribution in [1.29, 1.82) is 0 Å². The van der Waals surface area contributed by atoms with E-state index < -0.39 is 0 Å². The standard InChI is InChI=1S/C28H22/c1-3-9-24-21(6-1)17-23-16-19(13-15-26(23)24)12-14-20-8-5-11-27-25-10-4-2-7-22(25)18-28(20)27/h1-11,13,15-18,24-25H,12,14H2. The second-order valence-corrected chi connectivity index (χ2v) is 8.12. The van der Waals surface area contributed by atoms with E-state index in [4.69, 9.17) is 0 Å². The van der Waals surface area contributed by atoms with Gasteiger partial charge in [-0.2, -0.15) is 0 Å². The number of rotatable bonds is 3. The van der Waals surface area contributed by atoms with Crippen LogP contribution in [0.1, 0.15) is 45.2 Å². The fraction of sp³-hybridized carbons (Fsp3) is 0.143. The van der Waals surface area contributed by atoms with Crippen LogP contribution in [0.15, 0.2) is 96.2 Å². The third-order valence-corrected chi connectivity index (χ3v) is 6.49. The van der Waals surface area contributed by atoms with Gasteiger partial charge in [0.05, 0.1) is 0 Å². The summed E-state index contributed by atoms with van der Waals surface area (Å²) in [5.74, 6) is 0.915. The van der Waals surface area contributed by atoms with Gasteiger partial charge in [0.15, 0.2) is 0 Å². The molecule has 0 bridgehead atoms. The van der Waals surface area contributed by atoms with Crippen LogP contribution in [0.5, 0.6) is 0 Å². The van der Waals surface area contributed by atoms with Crippen molar-refractivity contribution < 1.29 is 0 Å².